The molecule has 0 fully saturated rings. The minimum Gasteiger partial charge on any atom is -0.457 e. The van der Waals surface area contributed by atoms with Gasteiger partial charge in [-0.25, -0.2) is 4.57 Å². The average Bonchev–Trinajstić information content (AvgIpc) is 3.30. The number of esters is 1. The molecule has 3 atom stereocenters. The zero-order chi connectivity index (χ0) is 47.4. The van der Waals surface area contributed by atoms with Crippen molar-refractivity contribution in [3.05, 3.63) is 60.8 Å². The fraction of sp³-hybridized carbons (Fsp3) is 0.800. The Labute approximate surface area is 400 Å². The lowest BCUT2D eigenvalue weighted by Gasteiger charge is -2.20. The van der Waals surface area contributed by atoms with E-state index in [1.165, 1.54) is 128 Å². The average molecular weight is 937 g/mol. The number of aliphatic hydroxyl groups is 2. The van der Waals surface area contributed by atoms with Gasteiger partial charge in [0, 0.05) is 13.0 Å². The molecule has 0 saturated heterocycles. The molecule has 0 radical (unpaired) electrons. The van der Waals surface area contributed by atoms with E-state index in [-0.39, 0.29) is 19.6 Å². The molecule has 0 aliphatic heterocycles. The highest BCUT2D eigenvalue weighted by molar-refractivity contribution is 7.47. The predicted molar refractivity (Wildman–Crippen MR) is 274 cm³/mol. The van der Waals surface area contributed by atoms with Gasteiger partial charge in [0.05, 0.1) is 26.4 Å². The van der Waals surface area contributed by atoms with Gasteiger partial charge in [0.2, 0.25) is 0 Å². The Balaban J connectivity index is 4.07. The smallest absolute Gasteiger partial charge is 0.457 e. The van der Waals surface area contributed by atoms with Crippen LogP contribution in [0, 0.1) is 0 Å². The molecule has 9 nitrogen and oxygen atoms in total. The summed E-state index contributed by atoms with van der Waals surface area (Å²) in [6.07, 6.45) is 61.9. The molecule has 0 aliphatic carbocycles. The second-order valence-corrected chi connectivity index (χ2v) is 19.3. The number of aliphatic hydroxyl groups excluding tert-OH is 2. The highest BCUT2D eigenvalue weighted by Gasteiger charge is 2.26. The second kappa shape index (κ2) is 51.5. The number of rotatable bonds is 51. The van der Waals surface area contributed by atoms with E-state index in [4.69, 9.17) is 23.6 Å². The molecule has 0 aromatic carbocycles. The third kappa shape index (κ3) is 51.4. The maximum Gasteiger partial charge on any atom is 0.472 e. The first-order valence-corrected chi connectivity index (χ1v) is 28.3. The van der Waals surface area contributed by atoms with Crippen molar-refractivity contribution in [2.75, 3.05) is 33.0 Å². The van der Waals surface area contributed by atoms with E-state index in [1.807, 2.05) is 0 Å². The van der Waals surface area contributed by atoms with Crippen LogP contribution >= 0.6 is 7.82 Å². The van der Waals surface area contributed by atoms with Crippen LogP contribution in [0.5, 0.6) is 0 Å². The molecular formula is C55H101O9P. The van der Waals surface area contributed by atoms with Gasteiger partial charge in [-0.2, -0.15) is 0 Å². The summed E-state index contributed by atoms with van der Waals surface area (Å²) >= 11 is 0. The van der Waals surface area contributed by atoms with Crippen LogP contribution in [0.1, 0.15) is 239 Å². The molecule has 3 unspecified atom stereocenters. The first-order chi connectivity index (χ1) is 31.8. The Hall–Kier alpha value is -1.84. The fourth-order valence-corrected chi connectivity index (χ4v) is 8.23. The number of phosphoric acid groups is 1. The van der Waals surface area contributed by atoms with Gasteiger partial charge in [-0.3, -0.25) is 13.8 Å². The van der Waals surface area contributed by atoms with Crippen LogP contribution < -0.4 is 0 Å². The second-order valence-electron chi connectivity index (χ2n) is 17.9. The summed E-state index contributed by atoms with van der Waals surface area (Å²) in [6.45, 7) is 3.42. The summed E-state index contributed by atoms with van der Waals surface area (Å²) in [5.74, 6) is -0.398. The fourth-order valence-electron chi connectivity index (χ4n) is 7.44. The molecule has 0 heterocycles. The lowest BCUT2D eigenvalue weighted by Crippen LogP contribution is -2.29. The Morgan fingerprint density at radius 2 is 0.877 bits per heavy atom. The molecule has 65 heavy (non-hydrogen) atoms. The molecule has 0 bridgehead atoms. The highest BCUT2D eigenvalue weighted by atomic mass is 31.2. The quantitative estimate of drug-likeness (QED) is 0.0236. The highest BCUT2D eigenvalue weighted by Crippen LogP contribution is 2.43. The molecule has 10 heteroatoms. The van der Waals surface area contributed by atoms with Gasteiger partial charge in [-0.1, -0.05) is 235 Å². The minimum atomic E-state index is -4.53. The van der Waals surface area contributed by atoms with Crippen LogP contribution in [-0.2, 0) is 27.9 Å². The maximum atomic E-state index is 12.7. The van der Waals surface area contributed by atoms with Gasteiger partial charge in [0.15, 0.2) is 0 Å². The van der Waals surface area contributed by atoms with Crippen molar-refractivity contribution in [3.8, 4) is 0 Å². The number of allylic oxidation sites excluding steroid dienone is 10. The summed E-state index contributed by atoms with van der Waals surface area (Å²) in [6, 6.07) is 0. The summed E-state index contributed by atoms with van der Waals surface area (Å²) < 4.78 is 33.6. The Morgan fingerprint density at radius 3 is 1.32 bits per heavy atom. The third-order valence-electron chi connectivity index (χ3n) is 11.5. The van der Waals surface area contributed by atoms with Gasteiger partial charge < -0.3 is 24.6 Å². The van der Waals surface area contributed by atoms with Crippen LogP contribution in [0.4, 0.5) is 0 Å². The maximum absolute atomic E-state index is 12.7. The van der Waals surface area contributed by atoms with E-state index in [2.05, 4.69) is 74.6 Å². The van der Waals surface area contributed by atoms with Gasteiger partial charge in [-0.15, -0.1) is 0 Å². The lowest BCUT2D eigenvalue weighted by atomic mass is 10.0. The van der Waals surface area contributed by atoms with Gasteiger partial charge in [0.25, 0.3) is 0 Å². The molecule has 0 amide bonds. The topological polar surface area (TPSA) is 132 Å². The molecule has 3 N–H and O–H groups in total. The third-order valence-corrected chi connectivity index (χ3v) is 12.4. The summed E-state index contributed by atoms with van der Waals surface area (Å²) in [4.78, 5) is 22.7. The standard InChI is InChI=1S/C55H101O9P/c1-3-5-7-9-11-13-15-17-19-21-23-25-26-28-30-32-34-36-38-40-42-44-46-48-61-51-54(52-63-65(59,60)62-50-53(57)49-56)64-55(58)47-45-43-41-39-37-35-33-31-29-27-24-22-20-18-16-14-12-10-8-6-4-2/h6,8,12,14,18,20,24,27,31,33,53-54,56-57H,3-5,7,9-11,13,15-17,19,21-23,25-26,28-30,32,34-52H2,1-2H3,(H,59,60)/b8-6-,14-12-,20-18-,27-24-,33-31-. The van der Waals surface area contributed by atoms with Crippen molar-refractivity contribution in [3.63, 3.8) is 0 Å². The molecule has 0 aromatic heterocycles. The first kappa shape index (κ1) is 63.2. The number of carbonyl (C=O) groups excluding carboxylic acids is 1. The van der Waals surface area contributed by atoms with E-state index in [1.54, 1.807) is 0 Å². The summed E-state index contributed by atoms with van der Waals surface area (Å²) in [5, 5.41) is 18.4. The SMILES string of the molecule is CC/C=C\C/C=C\C/C=C\C/C=C\C/C=C\CCCCCCCC(=O)OC(COCCCCCCCCCCCCCCCCCCCCCCCCC)COP(=O)(O)OCC(O)CO. The monoisotopic (exact) mass is 937 g/mol. The first-order valence-electron chi connectivity index (χ1n) is 26.8. The predicted octanol–water partition coefficient (Wildman–Crippen LogP) is 15.9. The molecular weight excluding hydrogens is 836 g/mol. The minimum absolute atomic E-state index is 0.0418. The summed E-state index contributed by atoms with van der Waals surface area (Å²) in [7, 11) is -4.53. The van der Waals surface area contributed by atoms with Crippen LogP contribution in [0.25, 0.3) is 0 Å². The Morgan fingerprint density at radius 1 is 0.492 bits per heavy atom. The normalized spacial score (nSPS) is 14.2. The number of ether oxygens (including phenoxy) is 2. The summed E-state index contributed by atoms with van der Waals surface area (Å²) in [5.41, 5.74) is 0. The number of hydrogen-bond donors (Lipinski definition) is 3. The molecule has 0 rings (SSSR count). The number of carbonyl (C=O) groups is 1. The van der Waals surface area contributed by atoms with Crippen molar-refractivity contribution in [2.24, 2.45) is 0 Å². The molecule has 0 aromatic rings. The number of unbranched alkanes of at least 4 members (excludes halogenated alkanes) is 27. The van der Waals surface area contributed by atoms with Crippen LogP contribution in [0.2, 0.25) is 0 Å². The van der Waals surface area contributed by atoms with Crippen molar-refractivity contribution < 1.29 is 43.0 Å². The van der Waals surface area contributed by atoms with Crippen LogP contribution in [-0.4, -0.2) is 66.3 Å². The zero-order valence-electron chi connectivity index (χ0n) is 42.0. The van der Waals surface area contributed by atoms with Gasteiger partial charge >= 0.3 is 13.8 Å². The van der Waals surface area contributed by atoms with Crippen molar-refractivity contribution >= 4 is 13.8 Å². The van der Waals surface area contributed by atoms with E-state index < -0.39 is 39.2 Å². The molecule has 380 valence electrons. The van der Waals surface area contributed by atoms with E-state index in [0.29, 0.717) is 13.0 Å². The van der Waals surface area contributed by atoms with E-state index >= 15 is 0 Å². The largest absolute Gasteiger partial charge is 0.472 e. The van der Waals surface area contributed by atoms with Crippen LogP contribution in [0.15, 0.2) is 60.8 Å². The van der Waals surface area contributed by atoms with Crippen molar-refractivity contribution in [2.45, 2.75) is 251 Å². The lowest BCUT2D eigenvalue weighted by molar-refractivity contribution is -0.154. The Bertz CT molecular complexity index is 1200. The Kier molecular flexibility index (Phi) is 50.1. The number of hydrogen-bond acceptors (Lipinski definition) is 8. The number of phosphoric ester groups is 1. The molecule has 0 aliphatic rings. The van der Waals surface area contributed by atoms with E-state index in [0.717, 1.165) is 83.5 Å². The zero-order valence-corrected chi connectivity index (χ0v) is 42.8. The van der Waals surface area contributed by atoms with Crippen molar-refractivity contribution in [1.82, 2.24) is 0 Å². The van der Waals surface area contributed by atoms with Crippen LogP contribution in [0.3, 0.4) is 0 Å². The van der Waals surface area contributed by atoms with Gasteiger partial charge in [-0.05, 0) is 57.8 Å². The molecule has 0 saturated carbocycles. The van der Waals surface area contributed by atoms with Gasteiger partial charge in [0.1, 0.15) is 12.2 Å². The van der Waals surface area contributed by atoms with E-state index in [9.17, 15) is 19.4 Å². The molecule has 0 spiro atoms. The van der Waals surface area contributed by atoms with Crippen molar-refractivity contribution in [1.29, 1.82) is 0 Å².